The van der Waals surface area contributed by atoms with Crippen molar-refractivity contribution in [2.45, 2.75) is 57.2 Å². The summed E-state index contributed by atoms with van der Waals surface area (Å²) in [4.78, 5) is 53.9. The predicted octanol–water partition coefficient (Wildman–Crippen LogP) is 3.39. The third-order valence-corrected chi connectivity index (χ3v) is 9.57. The molecule has 13 heteroatoms. The summed E-state index contributed by atoms with van der Waals surface area (Å²) in [6, 6.07) is 30.1. The van der Waals surface area contributed by atoms with Gasteiger partial charge in [0.15, 0.2) is 11.9 Å². The summed E-state index contributed by atoms with van der Waals surface area (Å²) in [6.07, 6.45) is 5.85. The van der Waals surface area contributed by atoms with Crippen molar-refractivity contribution in [1.29, 1.82) is 0 Å². The van der Waals surface area contributed by atoms with Gasteiger partial charge in [-0.05, 0) is 65.3 Å². The maximum atomic E-state index is 14.3. The lowest BCUT2D eigenvalue weighted by Crippen LogP contribution is -2.54. The summed E-state index contributed by atoms with van der Waals surface area (Å²) in [5.41, 5.74) is 25.0. The molecular formula is C43H53N9O4. The fourth-order valence-corrected chi connectivity index (χ4v) is 6.67. The quantitative estimate of drug-likeness (QED) is 0.0524. The Bertz CT molecular complexity index is 1990. The van der Waals surface area contributed by atoms with Crippen LogP contribution in [0.25, 0.3) is 10.8 Å². The van der Waals surface area contributed by atoms with Gasteiger partial charge in [-0.15, -0.1) is 0 Å². The van der Waals surface area contributed by atoms with Crippen LogP contribution in [0.5, 0.6) is 5.75 Å². The van der Waals surface area contributed by atoms with E-state index in [4.69, 9.17) is 27.7 Å². The number of rotatable bonds is 15. The molecule has 4 aromatic carbocycles. The van der Waals surface area contributed by atoms with Crippen LogP contribution in [0.2, 0.25) is 0 Å². The standard InChI is InChI=1S/C43H53N9O4/c44-42(45)48-22-8-14-36-29-51(39(53)28-33-16-19-34-12-4-5-13-35(34)26-33)24-6-7-25-52(38(41(55)50-36)15-9-23-49-43(46)47)40(54)27-31-17-20-37(21-18-31)56-30-32-10-2-1-3-11-32/h1-7,10-13,16-21,26,36,38H,8-9,14-15,22-25,27-30H2,(H,50,55)(H4,44,45,48)(H4,46,47,49)/b7-6+/t36-,38-/m0/s1. The van der Waals surface area contributed by atoms with Crippen LogP contribution in [0.3, 0.4) is 0 Å². The van der Waals surface area contributed by atoms with Crippen LogP contribution in [0.1, 0.15) is 42.4 Å². The molecule has 5 rings (SSSR count). The molecule has 0 spiro atoms. The van der Waals surface area contributed by atoms with Crippen molar-refractivity contribution in [3.05, 3.63) is 126 Å². The van der Waals surface area contributed by atoms with E-state index in [0.29, 0.717) is 57.7 Å². The molecule has 1 aliphatic heterocycles. The third-order valence-electron chi connectivity index (χ3n) is 9.57. The minimum absolute atomic E-state index is 0.0156. The van der Waals surface area contributed by atoms with Gasteiger partial charge in [0.2, 0.25) is 17.7 Å². The minimum Gasteiger partial charge on any atom is -0.489 e. The molecule has 0 aromatic heterocycles. The number of nitrogens with zero attached hydrogens (tertiary/aromatic N) is 4. The van der Waals surface area contributed by atoms with Crippen molar-refractivity contribution >= 4 is 40.4 Å². The highest BCUT2D eigenvalue weighted by molar-refractivity contribution is 5.89. The predicted molar refractivity (Wildman–Crippen MR) is 222 cm³/mol. The van der Waals surface area contributed by atoms with E-state index < -0.39 is 12.1 Å². The summed E-state index contributed by atoms with van der Waals surface area (Å²) >= 11 is 0. The zero-order valence-corrected chi connectivity index (χ0v) is 31.8. The van der Waals surface area contributed by atoms with Gasteiger partial charge in [-0.3, -0.25) is 24.4 Å². The van der Waals surface area contributed by atoms with Crippen molar-refractivity contribution in [1.82, 2.24) is 15.1 Å². The average molecular weight is 760 g/mol. The molecule has 4 aromatic rings. The second-order valence-electron chi connectivity index (χ2n) is 13.9. The largest absolute Gasteiger partial charge is 0.489 e. The molecule has 0 saturated heterocycles. The Balaban J connectivity index is 1.36. The van der Waals surface area contributed by atoms with Crippen LogP contribution in [-0.2, 0) is 33.8 Å². The summed E-state index contributed by atoms with van der Waals surface area (Å²) in [6.45, 7) is 1.82. The Morgan fingerprint density at radius 2 is 1.32 bits per heavy atom. The van der Waals surface area contributed by atoms with Crippen LogP contribution in [0.4, 0.5) is 0 Å². The molecule has 0 fully saturated rings. The van der Waals surface area contributed by atoms with E-state index in [0.717, 1.165) is 27.5 Å². The number of fused-ring (bicyclic) bond motifs is 1. The number of carbonyl (C=O) groups is 3. The second-order valence-corrected chi connectivity index (χ2v) is 13.9. The van der Waals surface area contributed by atoms with Crippen molar-refractivity contribution in [3.8, 4) is 5.75 Å². The Morgan fingerprint density at radius 1 is 0.696 bits per heavy atom. The molecular weight excluding hydrogens is 707 g/mol. The lowest BCUT2D eigenvalue weighted by Gasteiger charge is -2.32. The lowest BCUT2D eigenvalue weighted by molar-refractivity contribution is -0.140. The van der Waals surface area contributed by atoms with E-state index in [-0.39, 0.29) is 55.6 Å². The molecule has 0 bridgehead atoms. The Hall–Kier alpha value is -6.37. The zero-order valence-electron chi connectivity index (χ0n) is 31.8. The first-order chi connectivity index (χ1) is 27.1. The van der Waals surface area contributed by atoms with Crippen LogP contribution in [-0.4, -0.2) is 84.2 Å². The number of amides is 3. The normalized spacial score (nSPS) is 16.6. The van der Waals surface area contributed by atoms with Crippen LogP contribution in [0.15, 0.2) is 119 Å². The molecule has 2 atom stereocenters. The van der Waals surface area contributed by atoms with Gasteiger partial charge in [-0.1, -0.05) is 97.1 Å². The first-order valence-electron chi connectivity index (χ1n) is 19.0. The number of hydrogen-bond acceptors (Lipinski definition) is 6. The number of guanidine groups is 2. The van der Waals surface area contributed by atoms with Gasteiger partial charge < -0.3 is 42.8 Å². The third kappa shape index (κ3) is 12.9. The lowest BCUT2D eigenvalue weighted by atomic mass is 10.0. The topological polar surface area (TPSA) is 208 Å². The first kappa shape index (κ1) is 40.8. The van der Waals surface area contributed by atoms with E-state index in [9.17, 15) is 14.4 Å². The number of ether oxygens (including phenoxy) is 1. The maximum absolute atomic E-state index is 14.3. The van der Waals surface area contributed by atoms with E-state index in [1.54, 1.807) is 9.80 Å². The SMILES string of the molecule is NC(N)=NCCC[C@H]1CN(C(=O)Cc2ccc3ccccc3c2)C/C=C/CN(C(=O)Cc2ccc(OCc3ccccc3)cc2)[C@@H](CCCN=C(N)N)C(=O)N1. The summed E-state index contributed by atoms with van der Waals surface area (Å²) in [5.74, 6) is 0.00642. The molecule has 13 nitrogen and oxygen atoms in total. The molecule has 3 amide bonds. The summed E-state index contributed by atoms with van der Waals surface area (Å²) < 4.78 is 5.94. The Morgan fingerprint density at radius 3 is 2.04 bits per heavy atom. The molecule has 1 heterocycles. The molecule has 9 N–H and O–H groups in total. The van der Waals surface area contributed by atoms with Gasteiger partial charge in [0.25, 0.3) is 0 Å². The van der Waals surface area contributed by atoms with Crippen LogP contribution in [0, 0.1) is 0 Å². The number of nitrogens with two attached hydrogens (primary N) is 4. The fraction of sp³-hybridized carbons (Fsp3) is 0.326. The van der Waals surface area contributed by atoms with Gasteiger partial charge in [0.05, 0.1) is 12.8 Å². The molecule has 56 heavy (non-hydrogen) atoms. The maximum Gasteiger partial charge on any atom is 0.243 e. The highest BCUT2D eigenvalue weighted by Crippen LogP contribution is 2.20. The number of benzene rings is 4. The van der Waals surface area contributed by atoms with Crippen molar-refractivity contribution < 1.29 is 19.1 Å². The van der Waals surface area contributed by atoms with Crippen molar-refractivity contribution in [3.63, 3.8) is 0 Å². The molecule has 0 radical (unpaired) electrons. The second kappa shape index (κ2) is 20.9. The van der Waals surface area contributed by atoms with Gasteiger partial charge in [0.1, 0.15) is 18.4 Å². The Kier molecular flexibility index (Phi) is 15.2. The molecule has 0 aliphatic carbocycles. The van der Waals surface area contributed by atoms with E-state index in [1.807, 2.05) is 109 Å². The average Bonchev–Trinajstić information content (AvgIpc) is 3.21. The van der Waals surface area contributed by atoms with Gasteiger partial charge in [-0.25, -0.2) is 0 Å². The molecule has 0 saturated carbocycles. The van der Waals surface area contributed by atoms with E-state index in [1.165, 1.54) is 0 Å². The van der Waals surface area contributed by atoms with Crippen LogP contribution >= 0.6 is 0 Å². The summed E-state index contributed by atoms with van der Waals surface area (Å²) in [5, 5.41) is 5.35. The first-order valence-corrected chi connectivity index (χ1v) is 19.0. The highest BCUT2D eigenvalue weighted by Gasteiger charge is 2.31. The van der Waals surface area contributed by atoms with Gasteiger partial charge in [0, 0.05) is 38.8 Å². The monoisotopic (exact) mass is 759 g/mol. The number of nitrogens with one attached hydrogen (secondary N) is 1. The molecule has 0 unspecified atom stereocenters. The molecule has 1 aliphatic rings. The number of hydrogen-bond donors (Lipinski definition) is 5. The van der Waals surface area contributed by atoms with Crippen molar-refractivity contribution in [2.24, 2.45) is 32.9 Å². The summed E-state index contributed by atoms with van der Waals surface area (Å²) in [7, 11) is 0. The minimum atomic E-state index is -0.824. The molecule has 294 valence electrons. The van der Waals surface area contributed by atoms with E-state index in [2.05, 4.69) is 15.3 Å². The van der Waals surface area contributed by atoms with Crippen LogP contribution < -0.4 is 33.0 Å². The van der Waals surface area contributed by atoms with Crippen molar-refractivity contribution in [2.75, 3.05) is 32.7 Å². The zero-order chi connectivity index (χ0) is 39.7. The number of aliphatic imine (C=N–C) groups is 2. The van der Waals surface area contributed by atoms with Gasteiger partial charge in [-0.2, -0.15) is 0 Å². The smallest absolute Gasteiger partial charge is 0.243 e. The fourth-order valence-electron chi connectivity index (χ4n) is 6.67. The Labute approximate surface area is 328 Å². The van der Waals surface area contributed by atoms with Gasteiger partial charge >= 0.3 is 0 Å². The van der Waals surface area contributed by atoms with E-state index >= 15 is 0 Å². The highest BCUT2D eigenvalue weighted by atomic mass is 16.5. The number of carbonyl (C=O) groups excluding carboxylic acids is 3.